The second kappa shape index (κ2) is 10.8. The van der Waals surface area contributed by atoms with Gasteiger partial charge in [0.25, 0.3) is 0 Å². The number of benzene rings is 1. The Morgan fingerprint density at radius 1 is 0.825 bits per heavy atom. The fourth-order valence-corrected chi connectivity index (χ4v) is 7.61. The third-order valence-corrected chi connectivity index (χ3v) is 9.74. The average Bonchev–Trinajstić information content (AvgIpc) is 3.27. The number of nitrogens with two attached hydrogens (primary N) is 1. The van der Waals surface area contributed by atoms with E-state index >= 15 is 0 Å². The number of hydrogen-bond donors (Lipinski definition) is 2. The summed E-state index contributed by atoms with van der Waals surface area (Å²) in [6, 6.07) is 12.8. The van der Waals surface area contributed by atoms with Gasteiger partial charge in [0.05, 0.1) is 11.4 Å². The molecule has 0 amide bonds. The molecule has 2 unspecified atom stereocenters. The number of aromatic hydroxyl groups is 1. The van der Waals surface area contributed by atoms with Crippen LogP contribution < -0.4 is 15.5 Å². The van der Waals surface area contributed by atoms with E-state index in [-0.39, 0.29) is 5.75 Å². The monoisotopic (exact) mass is 540 g/mol. The van der Waals surface area contributed by atoms with Crippen LogP contribution in [0.4, 0.5) is 17.5 Å². The Morgan fingerprint density at radius 2 is 1.57 bits per heavy atom. The van der Waals surface area contributed by atoms with Crippen LogP contribution in [0.1, 0.15) is 69.4 Å². The largest absolute Gasteiger partial charge is 0.507 e. The summed E-state index contributed by atoms with van der Waals surface area (Å²) >= 11 is 0. The molecule has 0 radical (unpaired) electrons. The lowest BCUT2D eigenvalue weighted by Gasteiger charge is -2.42. The zero-order valence-corrected chi connectivity index (χ0v) is 23.2. The van der Waals surface area contributed by atoms with E-state index in [4.69, 9.17) is 15.7 Å². The molecule has 9 heteroatoms. The highest BCUT2D eigenvalue weighted by molar-refractivity contribution is 5.74. The third kappa shape index (κ3) is 4.85. The van der Waals surface area contributed by atoms with Gasteiger partial charge in [-0.15, -0.1) is 10.2 Å². The highest BCUT2D eigenvalue weighted by Gasteiger charge is 2.42. The number of likely N-dealkylation sites (tertiary alicyclic amines) is 1. The van der Waals surface area contributed by atoms with Gasteiger partial charge >= 0.3 is 0 Å². The van der Waals surface area contributed by atoms with Crippen LogP contribution in [0.5, 0.6) is 5.75 Å². The number of nitrogen functional groups attached to an aromatic ring is 1. The van der Waals surface area contributed by atoms with Gasteiger partial charge in [-0.05, 0) is 75.9 Å². The van der Waals surface area contributed by atoms with E-state index in [0.717, 1.165) is 43.6 Å². The van der Waals surface area contributed by atoms with Crippen molar-refractivity contribution in [1.29, 1.82) is 0 Å². The van der Waals surface area contributed by atoms with Crippen LogP contribution in [-0.2, 0) is 0 Å². The summed E-state index contributed by atoms with van der Waals surface area (Å²) in [5.41, 5.74) is 9.71. The molecule has 2 atom stereocenters. The number of piperazine rings is 1. The minimum Gasteiger partial charge on any atom is -0.507 e. The molecule has 1 aliphatic carbocycles. The molecule has 3 aromatic rings. The Bertz CT molecular complexity index is 1320. The number of fused-ring (bicyclic) bond motifs is 2. The minimum absolute atomic E-state index is 0.189. The molecule has 1 aromatic carbocycles. The van der Waals surface area contributed by atoms with E-state index in [1.807, 2.05) is 24.4 Å². The Balaban J connectivity index is 1.05. The Hall–Kier alpha value is -3.46. The number of phenolic OH excluding ortho intramolecular Hbond substituents is 1. The minimum atomic E-state index is 0.189. The number of anilines is 3. The van der Waals surface area contributed by atoms with Crippen LogP contribution in [0, 0.1) is 0 Å². The molecular weight excluding hydrogens is 500 g/mol. The van der Waals surface area contributed by atoms with E-state index in [1.165, 1.54) is 63.7 Å². The lowest BCUT2D eigenvalue weighted by Crippen LogP contribution is -2.54. The molecule has 4 aliphatic rings. The predicted molar refractivity (Wildman–Crippen MR) is 158 cm³/mol. The molecule has 3 saturated heterocycles. The van der Waals surface area contributed by atoms with Crippen LogP contribution in [0.25, 0.3) is 11.3 Å². The molecule has 3 aliphatic heterocycles. The van der Waals surface area contributed by atoms with Crippen molar-refractivity contribution in [3.63, 3.8) is 0 Å². The topological polar surface area (TPSA) is 108 Å². The summed E-state index contributed by atoms with van der Waals surface area (Å²) in [4.78, 5) is 17.5. The zero-order chi connectivity index (χ0) is 27.1. The summed E-state index contributed by atoms with van der Waals surface area (Å²) in [6.45, 7) is 4.06. The number of aromatic nitrogens is 4. The first-order chi connectivity index (χ1) is 19.6. The molecule has 5 heterocycles. The van der Waals surface area contributed by atoms with Gasteiger partial charge in [-0.25, -0.2) is 9.97 Å². The molecule has 9 nitrogen and oxygen atoms in total. The SMILES string of the molecule is Nc1nnc(-c2ccccc2O)cc1N1CC2CCC(C1)N2c1nccc(C2CCN(C3CCCCC3)CC2)n1. The van der Waals surface area contributed by atoms with Crippen LogP contribution in [0.3, 0.4) is 0 Å². The fourth-order valence-electron chi connectivity index (χ4n) is 7.61. The standard InChI is InChI=1S/C31H40N8O/c32-30-28(18-27(35-36-30)25-8-4-5-9-29(25)40)38-19-23-10-11-24(20-38)39(23)31-33-15-12-26(34-31)21-13-16-37(17-14-21)22-6-2-1-3-7-22/h4-5,8-9,12,15,18,21-24,40H,1-3,6-7,10-11,13-14,16-17,19-20H2,(H2,32,36). The molecule has 210 valence electrons. The summed E-state index contributed by atoms with van der Waals surface area (Å²) in [6.07, 6.45) is 13.6. The van der Waals surface area contributed by atoms with E-state index < -0.39 is 0 Å². The second-order valence-corrected chi connectivity index (χ2v) is 12.1. The quantitative estimate of drug-likeness (QED) is 0.480. The number of nitrogens with zero attached hydrogens (tertiary/aromatic N) is 7. The lowest BCUT2D eigenvalue weighted by molar-refractivity contribution is 0.121. The first-order valence-corrected chi connectivity index (χ1v) is 15.2. The number of hydrogen-bond acceptors (Lipinski definition) is 9. The molecule has 7 rings (SSSR count). The van der Waals surface area contributed by atoms with Crippen molar-refractivity contribution in [3.05, 3.63) is 48.3 Å². The van der Waals surface area contributed by atoms with Crippen molar-refractivity contribution in [2.24, 2.45) is 0 Å². The molecule has 1 saturated carbocycles. The van der Waals surface area contributed by atoms with E-state index in [9.17, 15) is 5.11 Å². The molecule has 4 fully saturated rings. The number of phenols is 1. The third-order valence-electron chi connectivity index (χ3n) is 9.74. The van der Waals surface area contributed by atoms with Crippen molar-refractivity contribution in [2.45, 2.75) is 81.8 Å². The van der Waals surface area contributed by atoms with E-state index in [0.29, 0.717) is 35.1 Å². The van der Waals surface area contributed by atoms with Crippen LogP contribution in [0.15, 0.2) is 42.6 Å². The fraction of sp³-hybridized carbons (Fsp3) is 0.548. The molecular formula is C31H40N8O. The van der Waals surface area contributed by atoms with E-state index in [1.54, 1.807) is 12.1 Å². The molecule has 3 N–H and O–H groups in total. The van der Waals surface area contributed by atoms with Crippen molar-refractivity contribution in [2.75, 3.05) is 41.7 Å². The normalized spacial score (nSPS) is 24.5. The van der Waals surface area contributed by atoms with Gasteiger partial charge in [-0.3, -0.25) is 0 Å². The first-order valence-electron chi connectivity index (χ1n) is 15.2. The van der Waals surface area contributed by atoms with Gasteiger partial charge in [0, 0.05) is 54.6 Å². The number of piperidine rings is 1. The van der Waals surface area contributed by atoms with Gasteiger partial charge in [-0.2, -0.15) is 0 Å². The summed E-state index contributed by atoms with van der Waals surface area (Å²) in [7, 11) is 0. The van der Waals surface area contributed by atoms with Crippen molar-refractivity contribution in [3.8, 4) is 17.0 Å². The average molecular weight is 541 g/mol. The maximum Gasteiger partial charge on any atom is 0.226 e. The number of rotatable bonds is 5. The lowest BCUT2D eigenvalue weighted by atomic mass is 9.89. The number of para-hydroxylation sites is 1. The van der Waals surface area contributed by atoms with E-state index in [2.05, 4.69) is 31.0 Å². The van der Waals surface area contributed by atoms with Gasteiger partial charge < -0.3 is 25.5 Å². The Morgan fingerprint density at radius 3 is 2.33 bits per heavy atom. The van der Waals surface area contributed by atoms with Crippen LogP contribution in [-0.4, -0.2) is 74.5 Å². The van der Waals surface area contributed by atoms with Gasteiger partial charge in [0.1, 0.15) is 5.75 Å². The Kier molecular flexibility index (Phi) is 6.91. The smallest absolute Gasteiger partial charge is 0.226 e. The van der Waals surface area contributed by atoms with Crippen LogP contribution >= 0.6 is 0 Å². The summed E-state index contributed by atoms with van der Waals surface area (Å²) in [5, 5.41) is 18.9. The van der Waals surface area contributed by atoms with Crippen molar-refractivity contribution < 1.29 is 5.11 Å². The Labute approximate surface area is 236 Å². The highest BCUT2D eigenvalue weighted by atomic mass is 16.3. The van der Waals surface area contributed by atoms with Gasteiger partial charge in [-0.1, -0.05) is 31.4 Å². The summed E-state index contributed by atoms with van der Waals surface area (Å²) < 4.78 is 0. The molecule has 2 bridgehead atoms. The highest BCUT2D eigenvalue weighted by Crippen LogP contribution is 2.39. The maximum atomic E-state index is 10.3. The maximum absolute atomic E-state index is 10.3. The molecule has 40 heavy (non-hydrogen) atoms. The van der Waals surface area contributed by atoms with Gasteiger partial charge in [0.2, 0.25) is 5.95 Å². The summed E-state index contributed by atoms with van der Waals surface area (Å²) in [5.74, 6) is 2.02. The first kappa shape index (κ1) is 25.5. The van der Waals surface area contributed by atoms with Crippen molar-refractivity contribution in [1.82, 2.24) is 25.1 Å². The predicted octanol–water partition coefficient (Wildman–Crippen LogP) is 4.59. The second-order valence-electron chi connectivity index (χ2n) is 12.1. The van der Waals surface area contributed by atoms with Crippen LogP contribution in [0.2, 0.25) is 0 Å². The zero-order valence-electron chi connectivity index (χ0n) is 23.2. The van der Waals surface area contributed by atoms with Crippen molar-refractivity contribution >= 4 is 17.5 Å². The molecule has 2 aromatic heterocycles. The molecule has 0 spiro atoms. The van der Waals surface area contributed by atoms with Gasteiger partial charge in [0.15, 0.2) is 5.82 Å².